The second-order valence-electron chi connectivity index (χ2n) is 7.92. The number of anilines is 1. The molecule has 1 aliphatic heterocycles. The molecule has 0 radical (unpaired) electrons. The summed E-state index contributed by atoms with van der Waals surface area (Å²) in [7, 11) is -4.94. The zero-order chi connectivity index (χ0) is 25.4. The van der Waals surface area contributed by atoms with Crippen molar-refractivity contribution >= 4 is 28.7 Å². The summed E-state index contributed by atoms with van der Waals surface area (Å²) in [5, 5.41) is 1.29. The second-order valence-corrected chi connectivity index (χ2v) is 8.68. The Morgan fingerprint density at radius 2 is 1.63 bits per heavy atom. The number of aromatic nitrogens is 1. The summed E-state index contributed by atoms with van der Waals surface area (Å²) >= 11 is 0. The normalized spacial score (nSPS) is 14.9. The van der Waals surface area contributed by atoms with Gasteiger partial charge in [-0.1, -0.05) is 60.2 Å². The van der Waals surface area contributed by atoms with Gasteiger partial charge in [-0.3, -0.25) is 0 Å². The van der Waals surface area contributed by atoms with E-state index in [0.29, 0.717) is 0 Å². The molecule has 1 aliphatic rings. The van der Waals surface area contributed by atoms with Crippen LogP contribution >= 0.6 is 0 Å². The third-order valence-corrected chi connectivity index (χ3v) is 5.63. The fraction of sp³-hybridized carbons (Fsp3) is 0.179. The van der Waals surface area contributed by atoms with E-state index in [-0.39, 0.29) is 0 Å². The van der Waals surface area contributed by atoms with E-state index in [0.717, 1.165) is 13.1 Å². The number of benzene rings is 2. The molecule has 0 unspecified atom stereocenters. The Bertz CT molecular complexity index is 1280. The minimum absolute atomic E-state index is 0.948. The van der Waals surface area contributed by atoms with Crippen molar-refractivity contribution in [3.63, 3.8) is 0 Å². The lowest BCUT2D eigenvalue weighted by atomic mass is 10.0. The van der Waals surface area contributed by atoms with Gasteiger partial charge in [-0.25, -0.2) is 18.6 Å². The average Bonchev–Trinajstić information content (AvgIpc) is 2.84. The molecule has 0 atom stereocenters. The van der Waals surface area contributed by atoms with E-state index in [2.05, 4.69) is 127 Å². The third kappa shape index (κ3) is 7.36. The number of aryl methyl sites for hydroxylation is 1. The van der Waals surface area contributed by atoms with Crippen LogP contribution in [0, 0.1) is 10.2 Å². The van der Waals surface area contributed by atoms with Gasteiger partial charge < -0.3 is 4.90 Å². The van der Waals surface area contributed by atoms with Crippen molar-refractivity contribution in [1.82, 2.24) is 0 Å². The smallest absolute Gasteiger partial charge is 0.213 e. The Hall–Kier alpha value is -3.26. The molecule has 2 aromatic carbocycles. The first-order chi connectivity index (χ1) is 16.7. The molecule has 4 rings (SSSR count). The van der Waals surface area contributed by atoms with Gasteiger partial charge in [0.15, 0.2) is 6.20 Å². The highest BCUT2D eigenvalue weighted by molar-refractivity contribution is 5.85. The highest BCUT2D eigenvalue weighted by Crippen LogP contribution is 2.30. The molecular formula is C28H29ClN2O4. The molecule has 0 saturated carbocycles. The molecule has 0 bridgehead atoms. The number of likely N-dealkylation sites (N-methyl/N-ethyl adjacent to an activating group) is 1. The van der Waals surface area contributed by atoms with Crippen molar-refractivity contribution in [2.24, 2.45) is 0 Å². The van der Waals surface area contributed by atoms with E-state index in [9.17, 15) is 0 Å². The van der Waals surface area contributed by atoms with Crippen LogP contribution in [0.25, 0.3) is 23.1 Å². The number of hydrogen-bond donors (Lipinski definition) is 0. The van der Waals surface area contributed by atoms with Crippen molar-refractivity contribution in [3.8, 4) is 0 Å². The first-order valence-electron chi connectivity index (χ1n) is 11.4. The fourth-order valence-electron chi connectivity index (χ4n) is 4.00. The third-order valence-electron chi connectivity index (χ3n) is 5.63. The lowest BCUT2D eigenvalue weighted by Crippen LogP contribution is -2.68. The predicted molar refractivity (Wildman–Crippen MR) is 129 cm³/mol. The Labute approximate surface area is 208 Å². The molecule has 7 heteroatoms. The first-order valence-corrected chi connectivity index (χ1v) is 12.6. The van der Waals surface area contributed by atoms with E-state index in [1.54, 1.807) is 0 Å². The van der Waals surface area contributed by atoms with Gasteiger partial charge in [-0.2, -0.15) is 4.57 Å². The van der Waals surface area contributed by atoms with Gasteiger partial charge in [0.05, 0.1) is 5.39 Å². The standard InChI is InChI=1S/C28H29N2.ClHO4/c1-4-29-21-20-23(26-11-7-9-13-28(26)29)16-14-22(3)15-18-25-19-17-24-10-6-8-12-27(24)30(25)5-2;2-1(3,4)5/h6-21H,4-5H2,1-3H3;(H,2,3,4,5)/q+1;/p-1. The maximum Gasteiger partial charge on any atom is 0.213 e. The van der Waals surface area contributed by atoms with Crippen LogP contribution in [0.15, 0.2) is 96.4 Å². The Balaban J connectivity index is 0.000000623. The van der Waals surface area contributed by atoms with Crippen molar-refractivity contribution in [1.29, 1.82) is 0 Å². The molecule has 35 heavy (non-hydrogen) atoms. The van der Waals surface area contributed by atoms with Gasteiger partial charge >= 0.3 is 0 Å². The van der Waals surface area contributed by atoms with Gasteiger partial charge in [-0.15, -0.1) is 10.2 Å². The molecule has 182 valence electrons. The van der Waals surface area contributed by atoms with E-state index in [1.165, 1.54) is 39.0 Å². The highest BCUT2D eigenvalue weighted by Gasteiger charge is 2.14. The zero-order valence-corrected chi connectivity index (χ0v) is 20.8. The summed E-state index contributed by atoms with van der Waals surface area (Å²) in [6.07, 6.45) is 15.4. The maximum absolute atomic E-state index is 8.49. The van der Waals surface area contributed by atoms with Gasteiger partial charge in [0, 0.05) is 30.1 Å². The fourth-order valence-corrected chi connectivity index (χ4v) is 4.00. The van der Waals surface area contributed by atoms with E-state index < -0.39 is 10.2 Å². The van der Waals surface area contributed by atoms with Gasteiger partial charge in [0.1, 0.15) is 6.54 Å². The quantitative estimate of drug-likeness (QED) is 0.399. The van der Waals surface area contributed by atoms with E-state index in [1.807, 2.05) is 0 Å². The number of allylic oxidation sites excluding steroid dienone is 5. The van der Waals surface area contributed by atoms with Crippen molar-refractivity contribution in [2.75, 3.05) is 11.4 Å². The number of rotatable bonds is 5. The van der Waals surface area contributed by atoms with E-state index in [4.69, 9.17) is 18.6 Å². The molecule has 0 N–H and O–H groups in total. The molecule has 0 saturated heterocycles. The molecule has 0 amide bonds. The molecule has 0 fully saturated rings. The summed E-state index contributed by atoms with van der Waals surface area (Å²) in [5.74, 6) is 0. The number of fused-ring (bicyclic) bond motifs is 2. The molecule has 3 aromatic rings. The van der Waals surface area contributed by atoms with Crippen LogP contribution < -0.4 is 28.1 Å². The molecule has 0 spiro atoms. The predicted octanol–water partition coefficient (Wildman–Crippen LogP) is 1.79. The van der Waals surface area contributed by atoms with Crippen LogP contribution in [-0.2, 0) is 6.54 Å². The number of hydrogen-bond acceptors (Lipinski definition) is 5. The molecular weight excluding hydrogens is 464 g/mol. The zero-order valence-electron chi connectivity index (χ0n) is 20.1. The van der Waals surface area contributed by atoms with Crippen LogP contribution in [-0.4, -0.2) is 6.54 Å². The number of pyridine rings is 1. The van der Waals surface area contributed by atoms with E-state index >= 15 is 0 Å². The Kier molecular flexibility index (Phi) is 8.98. The Morgan fingerprint density at radius 3 is 2.34 bits per heavy atom. The topological polar surface area (TPSA) is 99.4 Å². The average molecular weight is 493 g/mol. The van der Waals surface area contributed by atoms with Crippen LogP contribution in [0.5, 0.6) is 0 Å². The summed E-state index contributed by atoms with van der Waals surface area (Å²) in [6, 6.07) is 19.4. The maximum atomic E-state index is 8.49. The van der Waals surface area contributed by atoms with Crippen LogP contribution in [0.4, 0.5) is 5.69 Å². The summed E-state index contributed by atoms with van der Waals surface area (Å²) in [5.41, 5.74) is 7.51. The van der Waals surface area contributed by atoms with Crippen molar-refractivity contribution < 1.29 is 33.4 Å². The minimum atomic E-state index is -4.94. The van der Waals surface area contributed by atoms with Crippen molar-refractivity contribution in [2.45, 2.75) is 27.3 Å². The molecule has 1 aromatic heterocycles. The lowest BCUT2D eigenvalue weighted by molar-refractivity contribution is -2.00. The Morgan fingerprint density at radius 1 is 0.943 bits per heavy atom. The number of halogens is 1. The first kappa shape index (κ1) is 26.3. The monoisotopic (exact) mass is 492 g/mol. The minimum Gasteiger partial charge on any atom is -0.341 e. The van der Waals surface area contributed by atoms with Gasteiger partial charge in [0.2, 0.25) is 5.52 Å². The summed E-state index contributed by atoms with van der Waals surface area (Å²) < 4.78 is 36.3. The summed E-state index contributed by atoms with van der Waals surface area (Å²) in [6.45, 7) is 8.45. The summed E-state index contributed by atoms with van der Waals surface area (Å²) in [4.78, 5) is 2.36. The molecule has 2 heterocycles. The van der Waals surface area contributed by atoms with Crippen LogP contribution in [0.3, 0.4) is 0 Å². The lowest BCUT2D eigenvalue weighted by Gasteiger charge is -2.29. The van der Waals surface area contributed by atoms with Crippen LogP contribution in [0.1, 0.15) is 31.9 Å². The molecule has 6 nitrogen and oxygen atoms in total. The van der Waals surface area contributed by atoms with Gasteiger partial charge in [-0.05, 0) is 56.2 Å². The SMILES string of the molecule is CCN1\C(=C/C=C(C)/C=C/c2cc[n+](CC)c3ccccc23)C=Cc2ccccc21.[O-][Cl+3]([O-])([O-])[O-]. The largest absolute Gasteiger partial charge is 0.341 e. The van der Waals surface area contributed by atoms with Crippen LogP contribution in [0.2, 0.25) is 0 Å². The van der Waals surface area contributed by atoms with Gasteiger partial charge in [0.25, 0.3) is 0 Å². The van der Waals surface area contributed by atoms with Crippen molar-refractivity contribution in [3.05, 3.63) is 107 Å². The second kappa shape index (κ2) is 11.9. The number of nitrogens with zero attached hydrogens (tertiary/aromatic N) is 2. The highest BCUT2D eigenvalue weighted by atomic mass is 35.7. The molecule has 0 aliphatic carbocycles. The number of para-hydroxylation sites is 2.